The van der Waals surface area contributed by atoms with Gasteiger partial charge < -0.3 is 10.6 Å². The quantitative estimate of drug-likeness (QED) is 0.772. The van der Waals surface area contributed by atoms with Crippen molar-refractivity contribution in [1.29, 1.82) is 0 Å². The van der Waals surface area contributed by atoms with Crippen LogP contribution in [0.2, 0.25) is 0 Å². The van der Waals surface area contributed by atoms with E-state index in [2.05, 4.69) is 31.4 Å². The van der Waals surface area contributed by atoms with E-state index < -0.39 is 0 Å². The fourth-order valence-corrected chi connectivity index (χ4v) is 2.49. The molecule has 1 rings (SSSR count). The number of carbonyl (C=O) groups is 1. The van der Waals surface area contributed by atoms with Crippen molar-refractivity contribution in [3.63, 3.8) is 0 Å². The van der Waals surface area contributed by atoms with Crippen molar-refractivity contribution in [2.75, 3.05) is 13.6 Å². The van der Waals surface area contributed by atoms with Crippen molar-refractivity contribution in [3.05, 3.63) is 0 Å². The summed E-state index contributed by atoms with van der Waals surface area (Å²) in [6.07, 6.45) is 4.99. The fourth-order valence-electron chi connectivity index (χ4n) is 2.49. The Morgan fingerprint density at radius 1 is 1.19 bits per heavy atom. The SMILES string of the molecule is CNC(=O)CNC1CCC(C(C)(C)C)CC1. The average Bonchev–Trinajstić information content (AvgIpc) is 2.25. The molecule has 0 atom stereocenters. The maximum Gasteiger partial charge on any atom is 0.233 e. The minimum atomic E-state index is 0.0814. The second-order valence-electron chi connectivity index (χ2n) is 5.97. The van der Waals surface area contributed by atoms with E-state index in [-0.39, 0.29) is 5.91 Å². The van der Waals surface area contributed by atoms with E-state index in [0.717, 1.165) is 5.92 Å². The Kier molecular flexibility index (Phi) is 4.78. The van der Waals surface area contributed by atoms with Crippen LogP contribution in [0.15, 0.2) is 0 Å². The molecule has 0 radical (unpaired) electrons. The highest BCUT2D eigenvalue weighted by molar-refractivity contribution is 5.77. The molecule has 1 aliphatic rings. The van der Waals surface area contributed by atoms with Crippen LogP contribution >= 0.6 is 0 Å². The summed E-state index contributed by atoms with van der Waals surface area (Å²) in [5.74, 6) is 0.920. The van der Waals surface area contributed by atoms with Crippen molar-refractivity contribution < 1.29 is 4.79 Å². The van der Waals surface area contributed by atoms with Gasteiger partial charge in [-0.15, -0.1) is 0 Å². The lowest BCUT2D eigenvalue weighted by Gasteiger charge is -2.37. The van der Waals surface area contributed by atoms with Crippen LogP contribution in [0.5, 0.6) is 0 Å². The smallest absolute Gasteiger partial charge is 0.233 e. The van der Waals surface area contributed by atoms with Crippen LogP contribution in [-0.2, 0) is 4.79 Å². The summed E-state index contributed by atoms with van der Waals surface area (Å²) < 4.78 is 0. The number of likely N-dealkylation sites (N-methyl/N-ethyl adjacent to an activating group) is 1. The third-order valence-corrected chi connectivity index (χ3v) is 3.78. The van der Waals surface area contributed by atoms with Gasteiger partial charge >= 0.3 is 0 Å². The molecule has 16 heavy (non-hydrogen) atoms. The Balaban J connectivity index is 2.25. The highest BCUT2D eigenvalue weighted by Gasteiger charge is 2.29. The normalized spacial score (nSPS) is 26.5. The van der Waals surface area contributed by atoms with Gasteiger partial charge in [0.25, 0.3) is 0 Å². The van der Waals surface area contributed by atoms with Gasteiger partial charge in [-0.2, -0.15) is 0 Å². The number of rotatable bonds is 3. The lowest BCUT2D eigenvalue weighted by molar-refractivity contribution is -0.119. The third-order valence-electron chi connectivity index (χ3n) is 3.78. The summed E-state index contributed by atoms with van der Waals surface area (Å²) in [5, 5.41) is 5.97. The molecule has 94 valence electrons. The zero-order chi connectivity index (χ0) is 12.2. The molecule has 0 aromatic heterocycles. The van der Waals surface area contributed by atoms with E-state index in [1.165, 1.54) is 25.7 Å². The first-order valence-corrected chi connectivity index (χ1v) is 6.37. The summed E-state index contributed by atoms with van der Waals surface area (Å²) in [7, 11) is 1.68. The van der Waals surface area contributed by atoms with Gasteiger partial charge in [0.05, 0.1) is 6.54 Å². The number of nitrogens with one attached hydrogen (secondary N) is 2. The lowest BCUT2D eigenvalue weighted by atomic mass is 9.71. The van der Waals surface area contributed by atoms with Crippen molar-refractivity contribution in [3.8, 4) is 0 Å². The summed E-state index contributed by atoms with van der Waals surface area (Å²) >= 11 is 0. The molecule has 1 amide bonds. The van der Waals surface area contributed by atoms with Crippen LogP contribution in [0.4, 0.5) is 0 Å². The van der Waals surface area contributed by atoms with Gasteiger partial charge in [0.1, 0.15) is 0 Å². The number of hydrogen-bond acceptors (Lipinski definition) is 2. The highest BCUT2D eigenvalue weighted by atomic mass is 16.1. The molecule has 1 saturated carbocycles. The molecule has 0 aliphatic heterocycles. The Hall–Kier alpha value is -0.570. The lowest BCUT2D eigenvalue weighted by Crippen LogP contribution is -2.41. The molecule has 3 nitrogen and oxygen atoms in total. The van der Waals surface area contributed by atoms with Crippen molar-refractivity contribution in [2.24, 2.45) is 11.3 Å². The second-order valence-corrected chi connectivity index (χ2v) is 5.97. The molecule has 0 aromatic carbocycles. The fraction of sp³-hybridized carbons (Fsp3) is 0.923. The summed E-state index contributed by atoms with van der Waals surface area (Å²) in [5.41, 5.74) is 0.436. The molecular weight excluding hydrogens is 200 g/mol. The minimum Gasteiger partial charge on any atom is -0.358 e. The van der Waals surface area contributed by atoms with Gasteiger partial charge in [-0.25, -0.2) is 0 Å². The number of carbonyl (C=O) groups excluding carboxylic acids is 1. The van der Waals surface area contributed by atoms with Gasteiger partial charge in [0.2, 0.25) is 5.91 Å². The molecule has 0 aromatic rings. The minimum absolute atomic E-state index is 0.0814. The first kappa shape index (κ1) is 13.5. The van der Waals surface area contributed by atoms with E-state index in [9.17, 15) is 4.79 Å². The third kappa shape index (κ3) is 4.12. The molecule has 1 fully saturated rings. The monoisotopic (exact) mass is 226 g/mol. The standard InChI is InChI=1S/C13H26N2O/c1-13(2,3)10-5-7-11(8-6-10)15-9-12(16)14-4/h10-11,15H,5-9H2,1-4H3,(H,14,16). The van der Waals surface area contributed by atoms with Crippen LogP contribution in [0.1, 0.15) is 46.5 Å². The van der Waals surface area contributed by atoms with Crippen LogP contribution in [-0.4, -0.2) is 25.5 Å². The maximum atomic E-state index is 11.1. The average molecular weight is 226 g/mol. The van der Waals surface area contributed by atoms with E-state index in [0.29, 0.717) is 18.0 Å². The summed E-state index contributed by atoms with van der Waals surface area (Å²) in [6.45, 7) is 7.45. The zero-order valence-electron chi connectivity index (χ0n) is 11.1. The molecule has 3 heteroatoms. The Morgan fingerprint density at radius 3 is 2.19 bits per heavy atom. The molecule has 0 unspecified atom stereocenters. The van der Waals surface area contributed by atoms with Crippen LogP contribution in [0.3, 0.4) is 0 Å². The molecule has 0 heterocycles. The predicted molar refractivity (Wildman–Crippen MR) is 67.3 cm³/mol. The van der Waals surface area contributed by atoms with Gasteiger partial charge in [-0.05, 0) is 37.0 Å². The predicted octanol–water partition coefficient (Wildman–Crippen LogP) is 1.93. The first-order valence-electron chi connectivity index (χ1n) is 6.37. The molecule has 2 N–H and O–H groups in total. The second kappa shape index (κ2) is 5.67. The highest BCUT2D eigenvalue weighted by Crippen LogP contribution is 2.37. The van der Waals surface area contributed by atoms with E-state index in [1.807, 2.05) is 0 Å². The van der Waals surface area contributed by atoms with Crippen molar-refractivity contribution in [2.45, 2.75) is 52.5 Å². The van der Waals surface area contributed by atoms with Crippen LogP contribution in [0, 0.1) is 11.3 Å². The van der Waals surface area contributed by atoms with E-state index in [4.69, 9.17) is 0 Å². The Morgan fingerprint density at radius 2 is 1.75 bits per heavy atom. The van der Waals surface area contributed by atoms with Crippen LogP contribution in [0.25, 0.3) is 0 Å². The molecule has 0 saturated heterocycles. The Bertz CT molecular complexity index is 225. The molecule has 0 spiro atoms. The van der Waals surface area contributed by atoms with Gasteiger partial charge in [0.15, 0.2) is 0 Å². The molecule has 1 aliphatic carbocycles. The maximum absolute atomic E-state index is 11.1. The van der Waals surface area contributed by atoms with Gasteiger partial charge in [-0.3, -0.25) is 4.79 Å². The number of hydrogen-bond donors (Lipinski definition) is 2. The molecule has 0 bridgehead atoms. The van der Waals surface area contributed by atoms with E-state index >= 15 is 0 Å². The van der Waals surface area contributed by atoms with Gasteiger partial charge in [0, 0.05) is 13.1 Å². The zero-order valence-corrected chi connectivity index (χ0v) is 11.1. The van der Waals surface area contributed by atoms with Crippen molar-refractivity contribution >= 4 is 5.91 Å². The summed E-state index contributed by atoms with van der Waals surface area (Å²) in [6, 6.07) is 0.538. The van der Waals surface area contributed by atoms with Crippen LogP contribution < -0.4 is 10.6 Å². The van der Waals surface area contributed by atoms with Gasteiger partial charge in [-0.1, -0.05) is 20.8 Å². The number of amides is 1. The Labute approximate surface area is 99.4 Å². The first-order chi connectivity index (χ1) is 7.43. The largest absolute Gasteiger partial charge is 0.358 e. The summed E-state index contributed by atoms with van der Waals surface area (Å²) in [4.78, 5) is 11.1. The van der Waals surface area contributed by atoms with E-state index in [1.54, 1.807) is 7.05 Å². The molecular formula is C13H26N2O. The topological polar surface area (TPSA) is 41.1 Å². The van der Waals surface area contributed by atoms with Crippen molar-refractivity contribution in [1.82, 2.24) is 10.6 Å².